The number of nitrogens with two attached hydrogens (primary N) is 1. The number of ether oxygens (including phenoxy) is 1. The molecule has 1 aromatic carbocycles. The van der Waals surface area contributed by atoms with Crippen molar-refractivity contribution in [3.63, 3.8) is 0 Å². The van der Waals surface area contributed by atoms with Gasteiger partial charge in [-0.2, -0.15) is 0 Å². The Hall–Kier alpha value is -2.05. The van der Waals surface area contributed by atoms with Gasteiger partial charge in [0.1, 0.15) is 10.8 Å². The van der Waals surface area contributed by atoms with Crippen molar-refractivity contribution >= 4 is 22.8 Å². The van der Waals surface area contributed by atoms with Crippen LogP contribution in [0.3, 0.4) is 0 Å². The summed E-state index contributed by atoms with van der Waals surface area (Å²) in [5, 5.41) is 1.69. The number of nitrogens with zero attached hydrogens (tertiary/aromatic N) is 2. The van der Waals surface area contributed by atoms with E-state index >= 15 is 0 Å². The number of imidazole rings is 1. The van der Waals surface area contributed by atoms with E-state index in [9.17, 15) is 0 Å². The molecule has 0 amide bonds. The summed E-state index contributed by atoms with van der Waals surface area (Å²) < 4.78 is 5.22. The van der Waals surface area contributed by atoms with Crippen molar-refractivity contribution in [1.29, 1.82) is 0 Å². The molecule has 0 unspecified atom stereocenters. The van der Waals surface area contributed by atoms with E-state index < -0.39 is 0 Å². The van der Waals surface area contributed by atoms with Crippen LogP contribution in [0.2, 0.25) is 0 Å². The van der Waals surface area contributed by atoms with Gasteiger partial charge in [-0.3, -0.25) is 0 Å². The van der Waals surface area contributed by atoms with Crippen molar-refractivity contribution in [2.75, 3.05) is 7.11 Å². The first-order valence-electron chi connectivity index (χ1n) is 6.58. The van der Waals surface area contributed by atoms with Gasteiger partial charge in [0, 0.05) is 18.3 Å². The van der Waals surface area contributed by atoms with E-state index in [4.69, 9.17) is 10.5 Å². The first-order chi connectivity index (χ1) is 10.2. The van der Waals surface area contributed by atoms with Gasteiger partial charge in [-0.25, -0.2) is 9.97 Å². The zero-order valence-electron chi connectivity index (χ0n) is 11.9. The van der Waals surface area contributed by atoms with Crippen molar-refractivity contribution in [3.8, 4) is 5.75 Å². The smallest absolute Gasteiger partial charge is 0.172 e. The van der Waals surface area contributed by atoms with Gasteiger partial charge in [0.25, 0.3) is 0 Å². The van der Waals surface area contributed by atoms with Crippen molar-refractivity contribution < 1.29 is 4.74 Å². The molecule has 0 bridgehead atoms. The highest BCUT2D eigenvalue weighted by molar-refractivity contribution is 7.99. The standard InChI is InChI=1S/C15H16N4OS/c1-9-3-4-10(8-16)14(17-9)21-15-18-12-6-5-11(20-2)7-13(12)19-15/h3-7H,8,16H2,1-2H3,(H,18,19). The topological polar surface area (TPSA) is 76.8 Å². The minimum Gasteiger partial charge on any atom is -0.497 e. The first-order valence-corrected chi connectivity index (χ1v) is 7.39. The molecule has 6 heteroatoms. The maximum Gasteiger partial charge on any atom is 0.172 e. The molecule has 3 aromatic rings. The Kier molecular flexibility index (Phi) is 3.81. The Bertz CT molecular complexity index is 784. The fourth-order valence-corrected chi connectivity index (χ4v) is 3.00. The van der Waals surface area contributed by atoms with E-state index in [0.717, 1.165) is 38.2 Å². The molecule has 0 aliphatic carbocycles. The SMILES string of the molecule is COc1ccc2nc(Sc3nc(C)ccc3CN)[nH]c2c1. The molecule has 2 heterocycles. The van der Waals surface area contributed by atoms with Crippen LogP contribution in [-0.2, 0) is 6.54 Å². The second-order valence-electron chi connectivity index (χ2n) is 4.65. The molecular formula is C15H16N4OS. The summed E-state index contributed by atoms with van der Waals surface area (Å²) in [6.07, 6.45) is 0. The number of aryl methyl sites for hydroxylation is 1. The minimum atomic E-state index is 0.462. The molecule has 0 radical (unpaired) electrons. The Labute approximate surface area is 126 Å². The predicted molar refractivity (Wildman–Crippen MR) is 83.6 cm³/mol. The second kappa shape index (κ2) is 5.75. The number of methoxy groups -OCH3 is 1. The van der Waals surface area contributed by atoms with Crippen molar-refractivity contribution in [1.82, 2.24) is 15.0 Å². The normalized spacial score (nSPS) is 11.0. The lowest BCUT2D eigenvalue weighted by Crippen LogP contribution is -2.01. The van der Waals surface area contributed by atoms with Gasteiger partial charge in [0.05, 0.1) is 18.1 Å². The molecule has 0 saturated heterocycles. The second-order valence-corrected chi connectivity index (χ2v) is 5.63. The van der Waals surface area contributed by atoms with Gasteiger partial charge < -0.3 is 15.5 Å². The average molecular weight is 300 g/mol. The lowest BCUT2D eigenvalue weighted by molar-refractivity contribution is 0.415. The van der Waals surface area contributed by atoms with E-state index in [1.54, 1.807) is 7.11 Å². The van der Waals surface area contributed by atoms with Crippen molar-refractivity contribution in [2.24, 2.45) is 5.73 Å². The molecule has 2 aromatic heterocycles. The third-order valence-corrected chi connectivity index (χ3v) is 4.09. The largest absolute Gasteiger partial charge is 0.497 e. The third kappa shape index (κ3) is 2.86. The van der Waals surface area contributed by atoms with Gasteiger partial charge in [-0.05, 0) is 42.4 Å². The molecule has 5 nitrogen and oxygen atoms in total. The Balaban J connectivity index is 1.96. The maximum absolute atomic E-state index is 5.77. The Morgan fingerprint density at radius 2 is 2.10 bits per heavy atom. The first kappa shape index (κ1) is 13.9. The zero-order chi connectivity index (χ0) is 14.8. The summed E-state index contributed by atoms with van der Waals surface area (Å²) in [6.45, 7) is 2.43. The molecule has 108 valence electrons. The quantitative estimate of drug-likeness (QED) is 0.774. The van der Waals surface area contributed by atoms with Crippen LogP contribution < -0.4 is 10.5 Å². The maximum atomic E-state index is 5.77. The Morgan fingerprint density at radius 3 is 2.86 bits per heavy atom. The van der Waals surface area contributed by atoms with Crippen LogP contribution in [0.5, 0.6) is 5.75 Å². The number of aromatic nitrogens is 3. The van der Waals surface area contributed by atoms with Crippen LogP contribution in [0.1, 0.15) is 11.3 Å². The number of aromatic amines is 1. The van der Waals surface area contributed by atoms with Crippen LogP contribution in [-0.4, -0.2) is 22.1 Å². The van der Waals surface area contributed by atoms with Crippen molar-refractivity contribution in [3.05, 3.63) is 41.6 Å². The summed E-state index contributed by atoms with van der Waals surface area (Å²) in [5.74, 6) is 0.805. The van der Waals surface area contributed by atoms with Crippen LogP contribution in [0.15, 0.2) is 40.5 Å². The van der Waals surface area contributed by atoms with E-state index in [1.165, 1.54) is 11.8 Å². The molecule has 0 aliphatic rings. The molecule has 21 heavy (non-hydrogen) atoms. The highest BCUT2D eigenvalue weighted by Crippen LogP contribution is 2.29. The highest BCUT2D eigenvalue weighted by Gasteiger charge is 2.10. The lowest BCUT2D eigenvalue weighted by atomic mass is 10.2. The zero-order valence-corrected chi connectivity index (χ0v) is 12.7. The molecule has 0 aliphatic heterocycles. The van der Waals surface area contributed by atoms with Crippen LogP contribution in [0.4, 0.5) is 0 Å². The van der Waals surface area contributed by atoms with Gasteiger partial charge in [0.2, 0.25) is 0 Å². The monoisotopic (exact) mass is 300 g/mol. The van der Waals surface area contributed by atoms with E-state index in [1.807, 2.05) is 37.3 Å². The van der Waals surface area contributed by atoms with E-state index in [2.05, 4.69) is 15.0 Å². The molecule has 0 fully saturated rings. The molecule has 0 saturated carbocycles. The molecule has 0 atom stereocenters. The number of rotatable bonds is 4. The third-order valence-electron chi connectivity index (χ3n) is 3.16. The number of hydrogen-bond acceptors (Lipinski definition) is 5. The number of H-pyrrole nitrogens is 1. The van der Waals surface area contributed by atoms with Gasteiger partial charge >= 0.3 is 0 Å². The van der Waals surface area contributed by atoms with Gasteiger partial charge in [-0.1, -0.05) is 6.07 Å². The summed E-state index contributed by atoms with van der Waals surface area (Å²) in [7, 11) is 1.65. The number of nitrogens with one attached hydrogen (secondary N) is 1. The van der Waals surface area contributed by atoms with E-state index in [0.29, 0.717) is 6.54 Å². The van der Waals surface area contributed by atoms with E-state index in [-0.39, 0.29) is 0 Å². The molecular weight excluding hydrogens is 284 g/mol. The molecule has 3 rings (SSSR count). The fraction of sp³-hybridized carbons (Fsp3) is 0.200. The summed E-state index contributed by atoms with van der Waals surface area (Å²) >= 11 is 1.49. The number of pyridine rings is 1. The average Bonchev–Trinajstić information content (AvgIpc) is 2.88. The fourth-order valence-electron chi connectivity index (χ4n) is 2.04. The van der Waals surface area contributed by atoms with Crippen molar-refractivity contribution in [2.45, 2.75) is 23.7 Å². The lowest BCUT2D eigenvalue weighted by Gasteiger charge is -2.05. The predicted octanol–water partition coefficient (Wildman–Crippen LogP) is 2.88. The summed E-state index contributed by atoms with van der Waals surface area (Å²) in [6, 6.07) is 9.74. The highest BCUT2D eigenvalue weighted by atomic mass is 32.2. The van der Waals surface area contributed by atoms with Crippen LogP contribution in [0.25, 0.3) is 11.0 Å². The molecule has 0 spiro atoms. The molecule has 3 N–H and O–H groups in total. The van der Waals surface area contributed by atoms with Gasteiger partial charge in [0.15, 0.2) is 5.16 Å². The van der Waals surface area contributed by atoms with Crippen LogP contribution in [0, 0.1) is 6.92 Å². The summed E-state index contributed by atoms with van der Waals surface area (Å²) in [5.41, 5.74) is 9.60. The minimum absolute atomic E-state index is 0.462. The number of hydrogen-bond donors (Lipinski definition) is 2. The number of benzene rings is 1. The van der Waals surface area contributed by atoms with Gasteiger partial charge in [-0.15, -0.1) is 0 Å². The van der Waals surface area contributed by atoms with Crippen LogP contribution >= 0.6 is 11.8 Å². The number of fused-ring (bicyclic) bond motifs is 1. The summed E-state index contributed by atoms with van der Waals surface area (Å²) in [4.78, 5) is 12.4. The Morgan fingerprint density at radius 1 is 1.24 bits per heavy atom.